The van der Waals surface area contributed by atoms with Crippen molar-refractivity contribution in [3.05, 3.63) is 47.7 Å². The largest absolute Gasteiger partial charge is 0.475 e. The van der Waals surface area contributed by atoms with E-state index in [9.17, 15) is 0 Å². The average Bonchev–Trinajstić information content (AvgIpc) is 2.36. The predicted molar refractivity (Wildman–Crippen MR) is 76.3 cm³/mol. The molecule has 19 heavy (non-hydrogen) atoms. The quantitative estimate of drug-likeness (QED) is 0.893. The van der Waals surface area contributed by atoms with Crippen molar-refractivity contribution in [2.45, 2.75) is 33.4 Å². The van der Waals surface area contributed by atoms with Crippen LogP contribution in [0.5, 0.6) is 5.88 Å². The zero-order valence-electron chi connectivity index (χ0n) is 11.6. The van der Waals surface area contributed by atoms with E-state index in [4.69, 9.17) is 4.74 Å². The molecule has 2 aromatic rings. The molecule has 0 saturated carbocycles. The lowest BCUT2D eigenvalue weighted by Gasteiger charge is -2.10. The molecule has 2 rings (SSSR count). The monoisotopic (exact) mass is 257 g/mol. The number of nitrogens with zero attached hydrogens (tertiary/aromatic N) is 2. The number of rotatable bonds is 5. The van der Waals surface area contributed by atoms with Crippen LogP contribution in [-0.4, -0.2) is 16.1 Å². The smallest absolute Gasteiger partial charge is 0.226 e. The Balaban J connectivity index is 1.99. The number of hydrogen-bond donors (Lipinski definition) is 1. The molecule has 0 radical (unpaired) electrons. The summed E-state index contributed by atoms with van der Waals surface area (Å²) in [6, 6.07) is 10.1. The number of nitrogens with one attached hydrogen (secondary N) is 1. The first-order valence-electron chi connectivity index (χ1n) is 6.42. The van der Waals surface area contributed by atoms with Crippen LogP contribution in [0, 0.1) is 6.92 Å². The molecule has 4 heteroatoms. The van der Waals surface area contributed by atoms with E-state index < -0.39 is 0 Å². The summed E-state index contributed by atoms with van der Waals surface area (Å²) in [6.07, 6.45) is 1.81. The third kappa shape index (κ3) is 4.25. The number of aromatic nitrogens is 2. The van der Waals surface area contributed by atoms with Crippen LogP contribution in [0.1, 0.15) is 25.0 Å². The molecule has 1 aromatic heterocycles. The normalized spacial score (nSPS) is 10.5. The third-order valence-corrected chi connectivity index (χ3v) is 2.52. The van der Waals surface area contributed by atoms with Gasteiger partial charge in [-0.2, -0.15) is 4.98 Å². The highest BCUT2D eigenvalue weighted by Gasteiger charge is 2.02. The first-order chi connectivity index (χ1) is 9.13. The van der Waals surface area contributed by atoms with Gasteiger partial charge >= 0.3 is 0 Å². The SMILES string of the molecule is Cc1cccc(CNc2nccc(OC(C)C)n2)c1. The molecular formula is C15H19N3O. The summed E-state index contributed by atoms with van der Waals surface area (Å²) in [7, 11) is 0. The van der Waals surface area contributed by atoms with E-state index in [1.165, 1.54) is 11.1 Å². The molecule has 0 unspecified atom stereocenters. The highest BCUT2D eigenvalue weighted by Crippen LogP contribution is 2.11. The molecule has 0 aliphatic rings. The van der Waals surface area contributed by atoms with Gasteiger partial charge in [0.1, 0.15) is 0 Å². The number of aryl methyl sites for hydroxylation is 1. The molecule has 0 bridgehead atoms. The maximum absolute atomic E-state index is 5.53. The van der Waals surface area contributed by atoms with Gasteiger partial charge in [-0.1, -0.05) is 29.8 Å². The maximum atomic E-state index is 5.53. The first kappa shape index (κ1) is 13.3. The van der Waals surface area contributed by atoms with E-state index >= 15 is 0 Å². The summed E-state index contributed by atoms with van der Waals surface area (Å²) < 4.78 is 5.53. The molecule has 0 fully saturated rings. The minimum Gasteiger partial charge on any atom is -0.475 e. The molecule has 1 heterocycles. The van der Waals surface area contributed by atoms with E-state index in [2.05, 4.69) is 40.4 Å². The second kappa shape index (κ2) is 6.18. The zero-order valence-corrected chi connectivity index (χ0v) is 11.6. The minimum atomic E-state index is 0.111. The lowest BCUT2D eigenvalue weighted by Crippen LogP contribution is -2.09. The van der Waals surface area contributed by atoms with E-state index in [1.54, 1.807) is 12.3 Å². The van der Waals surface area contributed by atoms with Crippen molar-refractivity contribution in [1.29, 1.82) is 0 Å². The van der Waals surface area contributed by atoms with E-state index in [0.29, 0.717) is 18.4 Å². The Morgan fingerprint density at radius 3 is 2.84 bits per heavy atom. The van der Waals surface area contributed by atoms with Crippen LogP contribution >= 0.6 is 0 Å². The second-order valence-corrected chi connectivity index (χ2v) is 4.73. The van der Waals surface area contributed by atoms with Crippen LogP contribution in [0.2, 0.25) is 0 Å². The molecule has 4 nitrogen and oxygen atoms in total. The Bertz CT molecular complexity index is 540. The molecule has 0 aliphatic heterocycles. The van der Waals surface area contributed by atoms with Crippen LogP contribution in [0.15, 0.2) is 36.5 Å². The van der Waals surface area contributed by atoms with Crippen molar-refractivity contribution in [3.8, 4) is 5.88 Å². The van der Waals surface area contributed by atoms with Crippen LogP contribution in [0.25, 0.3) is 0 Å². The summed E-state index contributed by atoms with van der Waals surface area (Å²) >= 11 is 0. The zero-order chi connectivity index (χ0) is 13.7. The molecule has 0 spiro atoms. The fraction of sp³-hybridized carbons (Fsp3) is 0.333. The van der Waals surface area contributed by atoms with E-state index in [0.717, 1.165) is 0 Å². The van der Waals surface area contributed by atoms with Gasteiger partial charge in [0.25, 0.3) is 0 Å². The van der Waals surface area contributed by atoms with E-state index in [-0.39, 0.29) is 6.10 Å². The fourth-order valence-corrected chi connectivity index (χ4v) is 1.74. The van der Waals surface area contributed by atoms with Crippen molar-refractivity contribution in [1.82, 2.24) is 9.97 Å². The number of anilines is 1. The Morgan fingerprint density at radius 1 is 1.26 bits per heavy atom. The number of benzene rings is 1. The number of hydrogen-bond acceptors (Lipinski definition) is 4. The van der Waals surface area contributed by atoms with Crippen molar-refractivity contribution in [3.63, 3.8) is 0 Å². The summed E-state index contributed by atoms with van der Waals surface area (Å²) in [4.78, 5) is 8.49. The molecule has 0 aliphatic carbocycles. The van der Waals surface area contributed by atoms with Gasteiger partial charge < -0.3 is 10.1 Å². The standard InChI is InChI=1S/C15H19N3O/c1-11(2)19-14-7-8-16-15(18-14)17-10-13-6-4-5-12(3)9-13/h4-9,11H,10H2,1-3H3,(H,16,17,18). The van der Waals surface area contributed by atoms with E-state index in [1.807, 2.05) is 19.9 Å². The van der Waals surface area contributed by atoms with Gasteiger partial charge in [-0.25, -0.2) is 4.98 Å². The summed E-state index contributed by atoms with van der Waals surface area (Å²) in [5, 5.41) is 3.20. The third-order valence-electron chi connectivity index (χ3n) is 2.52. The van der Waals surface area contributed by atoms with Crippen molar-refractivity contribution in [2.24, 2.45) is 0 Å². The van der Waals surface area contributed by atoms with Crippen LogP contribution < -0.4 is 10.1 Å². The Morgan fingerprint density at radius 2 is 2.11 bits per heavy atom. The lowest BCUT2D eigenvalue weighted by molar-refractivity contribution is 0.232. The average molecular weight is 257 g/mol. The molecular weight excluding hydrogens is 238 g/mol. The molecule has 1 N–H and O–H groups in total. The highest BCUT2D eigenvalue weighted by molar-refractivity contribution is 5.31. The van der Waals surface area contributed by atoms with Gasteiger partial charge in [0.05, 0.1) is 6.10 Å². The lowest BCUT2D eigenvalue weighted by atomic mass is 10.1. The van der Waals surface area contributed by atoms with Gasteiger partial charge in [0, 0.05) is 18.8 Å². The Hall–Kier alpha value is -2.10. The van der Waals surface area contributed by atoms with Gasteiger partial charge in [0.2, 0.25) is 11.8 Å². The summed E-state index contributed by atoms with van der Waals surface area (Å²) in [5.74, 6) is 1.18. The van der Waals surface area contributed by atoms with Gasteiger partial charge in [-0.15, -0.1) is 0 Å². The van der Waals surface area contributed by atoms with Crippen LogP contribution in [0.4, 0.5) is 5.95 Å². The van der Waals surface area contributed by atoms with Crippen LogP contribution in [-0.2, 0) is 6.54 Å². The van der Waals surface area contributed by atoms with Gasteiger partial charge in [0.15, 0.2) is 0 Å². The molecule has 0 amide bonds. The minimum absolute atomic E-state index is 0.111. The highest BCUT2D eigenvalue weighted by atomic mass is 16.5. The van der Waals surface area contributed by atoms with Crippen molar-refractivity contribution >= 4 is 5.95 Å². The molecule has 100 valence electrons. The Labute approximate surface area is 113 Å². The topological polar surface area (TPSA) is 47.0 Å². The van der Waals surface area contributed by atoms with Crippen molar-refractivity contribution in [2.75, 3.05) is 5.32 Å². The predicted octanol–water partition coefficient (Wildman–Crippen LogP) is 3.18. The summed E-state index contributed by atoms with van der Waals surface area (Å²) in [5.41, 5.74) is 2.45. The van der Waals surface area contributed by atoms with Crippen LogP contribution in [0.3, 0.4) is 0 Å². The maximum Gasteiger partial charge on any atom is 0.226 e. The molecule has 0 saturated heterocycles. The van der Waals surface area contributed by atoms with Gasteiger partial charge in [-0.3, -0.25) is 0 Å². The van der Waals surface area contributed by atoms with Gasteiger partial charge in [-0.05, 0) is 26.3 Å². The van der Waals surface area contributed by atoms with Crippen molar-refractivity contribution < 1.29 is 4.74 Å². The summed E-state index contributed by atoms with van der Waals surface area (Å²) in [6.45, 7) is 6.73. The molecule has 1 aromatic carbocycles. The second-order valence-electron chi connectivity index (χ2n) is 4.73. The number of ether oxygens (including phenoxy) is 1. The first-order valence-corrected chi connectivity index (χ1v) is 6.42. The Kier molecular flexibility index (Phi) is 4.34. The fourth-order valence-electron chi connectivity index (χ4n) is 1.74. The molecule has 0 atom stereocenters.